The van der Waals surface area contributed by atoms with E-state index in [4.69, 9.17) is 0 Å². The van der Waals surface area contributed by atoms with E-state index in [0.29, 0.717) is 18.3 Å². The number of halogens is 1. The monoisotopic (exact) mass is 416 g/mol. The number of amides is 3. The maximum atomic E-state index is 12.8. The number of imide groups is 1. The van der Waals surface area contributed by atoms with Crippen LogP contribution in [0, 0.1) is 13.8 Å². The molecule has 2 aliphatic heterocycles. The maximum Gasteiger partial charge on any atom is 0.402 e. The zero-order chi connectivity index (χ0) is 18.7. The molecule has 8 heteroatoms. The molecule has 1 atom stereocenters. The van der Waals surface area contributed by atoms with E-state index in [0.717, 1.165) is 26.3 Å². The molecule has 1 fully saturated rings. The topological polar surface area (TPSA) is 61.8 Å². The first-order valence-corrected chi connectivity index (χ1v) is 9.10. The van der Waals surface area contributed by atoms with Crippen LogP contribution in [0.2, 0.25) is 0 Å². The molecular formula is C18H19BrN5O2+. The van der Waals surface area contributed by atoms with Crippen molar-refractivity contribution < 1.29 is 14.2 Å². The van der Waals surface area contributed by atoms with E-state index in [1.54, 1.807) is 7.05 Å². The minimum Gasteiger partial charge on any atom is -0.270 e. The van der Waals surface area contributed by atoms with Gasteiger partial charge < -0.3 is 0 Å². The number of hydrogen-bond acceptors (Lipinski definition) is 3. The van der Waals surface area contributed by atoms with E-state index in [9.17, 15) is 9.59 Å². The predicted octanol–water partition coefficient (Wildman–Crippen LogP) is 2.31. The highest BCUT2D eigenvalue weighted by atomic mass is 79.9. The summed E-state index contributed by atoms with van der Waals surface area (Å²) in [5, 5.41) is 0. The number of benzene rings is 1. The lowest BCUT2D eigenvalue weighted by molar-refractivity contribution is -0.680. The lowest BCUT2D eigenvalue weighted by Crippen LogP contribution is -2.56. The second-order valence-electron chi connectivity index (χ2n) is 6.66. The first-order chi connectivity index (χ1) is 12.3. The third kappa shape index (κ3) is 2.25. The first-order valence-electron chi connectivity index (χ1n) is 8.30. The van der Waals surface area contributed by atoms with Crippen LogP contribution in [0.3, 0.4) is 0 Å². The fraction of sp³-hybridized carbons (Fsp3) is 0.333. The van der Waals surface area contributed by atoms with E-state index in [-0.39, 0.29) is 11.9 Å². The zero-order valence-electron chi connectivity index (χ0n) is 15.0. The molecular weight excluding hydrogens is 398 g/mol. The highest BCUT2D eigenvalue weighted by Gasteiger charge is 2.53. The minimum atomic E-state index is -0.581. The highest BCUT2D eigenvalue weighted by molar-refractivity contribution is 9.10. The molecule has 1 aromatic heterocycles. The predicted molar refractivity (Wildman–Crippen MR) is 99.4 cm³/mol. The van der Waals surface area contributed by atoms with Crippen LogP contribution < -0.4 is 4.57 Å². The number of urea groups is 1. The quantitative estimate of drug-likeness (QED) is 0.705. The summed E-state index contributed by atoms with van der Waals surface area (Å²) in [7, 11) is 3.17. The van der Waals surface area contributed by atoms with Crippen LogP contribution in [0.15, 0.2) is 33.7 Å². The Balaban J connectivity index is 1.83. The Labute approximate surface area is 159 Å². The molecule has 7 nitrogen and oxygen atoms in total. The van der Waals surface area contributed by atoms with Crippen LogP contribution >= 0.6 is 15.9 Å². The van der Waals surface area contributed by atoms with Crippen LogP contribution in [0.1, 0.15) is 23.0 Å². The van der Waals surface area contributed by atoms with Gasteiger partial charge in [0.2, 0.25) is 11.9 Å². The Morgan fingerprint density at radius 1 is 1.12 bits per heavy atom. The summed E-state index contributed by atoms with van der Waals surface area (Å²) in [6.45, 7) is 4.66. The fourth-order valence-electron chi connectivity index (χ4n) is 3.54. The normalized spacial score (nSPS) is 19.0. The molecule has 2 aromatic rings. The number of hydrogen-bond donors (Lipinski definition) is 0. The molecule has 0 aliphatic carbocycles. The lowest BCUT2D eigenvalue weighted by atomic mass is 10.1. The van der Waals surface area contributed by atoms with Crippen LogP contribution in [0.25, 0.3) is 0 Å². The number of fused-ring (bicyclic) bond motifs is 3. The molecule has 3 heterocycles. The second kappa shape index (κ2) is 5.77. The molecule has 4 rings (SSSR count). The van der Waals surface area contributed by atoms with Crippen molar-refractivity contribution in [3.05, 3.63) is 45.7 Å². The SMILES string of the molecule is Cc1c(C)[n+](Cc2ccc(Br)cc2)c2n1C1C(=O)N(C)C(=O)N(C)C1=N2. The number of carbonyl (C=O) groups is 2. The largest absolute Gasteiger partial charge is 0.402 e. The van der Waals surface area contributed by atoms with E-state index >= 15 is 0 Å². The third-order valence-corrected chi connectivity index (χ3v) is 5.73. The Kier molecular flexibility index (Phi) is 3.76. The van der Waals surface area contributed by atoms with Crippen molar-refractivity contribution >= 4 is 39.7 Å². The van der Waals surface area contributed by atoms with E-state index in [2.05, 4.69) is 37.6 Å². The van der Waals surface area contributed by atoms with Gasteiger partial charge in [-0.3, -0.25) is 14.6 Å². The van der Waals surface area contributed by atoms with Gasteiger partial charge in [0.05, 0.1) is 6.54 Å². The number of imidazole rings is 1. The second-order valence-corrected chi connectivity index (χ2v) is 7.58. The third-order valence-electron chi connectivity index (χ3n) is 5.20. The zero-order valence-corrected chi connectivity index (χ0v) is 16.6. The van der Waals surface area contributed by atoms with E-state index < -0.39 is 6.04 Å². The van der Waals surface area contributed by atoms with Gasteiger partial charge in [-0.1, -0.05) is 33.1 Å². The summed E-state index contributed by atoms with van der Waals surface area (Å²) >= 11 is 3.45. The maximum absolute atomic E-state index is 12.8. The summed E-state index contributed by atoms with van der Waals surface area (Å²) < 4.78 is 5.06. The summed E-state index contributed by atoms with van der Waals surface area (Å²) in [6, 6.07) is 7.18. The van der Waals surface area contributed by atoms with Crippen molar-refractivity contribution in [2.45, 2.75) is 26.4 Å². The number of aliphatic imine (C=N–C) groups is 1. The summed E-state index contributed by atoms with van der Waals surface area (Å²) in [6.07, 6.45) is 0. The number of amidine groups is 1. The molecule has 0 N–H and O–H groups in total. The fourth-order valence-corrected chi connectivity index (χ4v) is 3.81. The van der Waals surface area contributed by atoms with Gasteiger partial charge >= 0.3 is 12.0 Å². The summed E-state index contributed by atoms with van der Waals surface area (Å²) in [4.78, 5) is 32.3. The van der Waals surface area contributed by atoms with Gasteiger partial charge in [-0.15, -0.1) is 0 Å². The Bertz CT molecular complexity index is 976. The van der Waals surface area contributed by atoms with E-state index in [1.165, 1.54) is 11.9 Å². The van der Waals surface area contributed by atoms with Crippen LogP contribution in [-0.4, -0.2) is 46.2 Å². The molecule has 3 amide bonds. The summed E-state index contributed by atoms with van der Waals surface area (Å²) in [5.74, 6) is 0.937. The Hall–Kier alpha value is -2.48. The molecule has 1 unspecified atom stereocenters. The van der Waals surface area contributed by atoms with Gasteiger partial charge in [0.1, 0.15) is 11.4 Å². The van der Waals surface area contributed by atoms with Gasteiger partial charge in [0.15, 0.2) is 0 Å². The molecule has 0 saturated carbocycles. The number of carbonyl (C=O) groups excluding carboxylic acids is 2. The van der Waals surface area contributed by atoms with E-state index in [1.807, 2.05) is 30.5 Å². The minimum absolute atomic E-state index is 0.250. The van der Waals surface area contributed by atoms with Crippen molar-refractivity contribution in [1.82, 2.24) is 14.4 Å². The van der Waals surface area contributed by atoms with Crippen molar-refractivity contribution in [1.29, 1.82) is 0 Å². The van der Waals surface area contributed by atoms with Crippen molar-refractivity contribution in [2.75, 3.05) is 14.1 Å². The van der Waals surface area contributed by atoms with Crippen molar-refractivity contribution in [3.63, 3.8) is 0 Å². The van der Waals surface area contributed by atoms with Crippen LogP contribution in [0.4, 0.5) is 10.7 Å². The lowest BCUT2D eigenvalue weighted by Gasteiger charge is -2.30. The van der Waals surface area contributed by atoms with Gasteiger partial charge in [0, 0.05) is 18.6 Å². The standard InChI is InChI=1S/C18H19BrN5O2/c1-10-11(2)24-14-15(21(3)18(26)22(4)16(14)25)20-17(24)23(10)9-12-5-7-13(19)8-6-12/h5-8,14H,9H2,1-4H3/q+1. The molecule has 2 aliphatic rings. The van der Waals surface area contributed by atoms with Gasteiger partial charge in [-0.05, 0) is 31.5 Å². The van der Waals surface area contributed by atoms with Crippen molar-refractivity contribution in [3.8, 4) is 0 Å². The first kappa shape index (κ1) is 17.0. The molecule has 0 bridgehead atoms. The molecule has 0 spiro atoms. The highest BCUT2D eigenvalue weighted by Crippen LogP contribution is 2.34. The smallest absolute Gasteiger partial charge is 0.270 e. The number of aromatic nitrogens is 2. The molecule has 1 aromatic carbocycles. The molecule has 0 radical (unpaired) electrons. The van der Waals surface area contributed by atoms with Crippen LogP contribution in [0.5, 0.6) is 0 Å². The average Bonchev–Trinajstić information content (AvgIpc) is 3.12. The Morgan fingerprint density at radius 3 is 2.42 bits per heavy atom. The van der Waals surface area contributed by atoms with Gasteiger partial charge in [0.25, 0.3) is 5.91 Å². The van der Waals surface area contributed by atoms with Crippen molar-refractivity contribution in [2.24, 2.45) is 4.99 Å². The molecule has 1 saturated heterocycles. The molecule has 26 heavy (non-hydrogen) atoms. The van der Waals surface area contributed by atoms with Crippen LogP contribution in [-0.2, 0) is 11.3 Å². The van der Waals surface area contributed by atoms with Gasteiger partial charge in [-0.25, -0.2) is 13.9 Å². The number of likely N-dealkylation sites (N-methyl/N-ethyl adjacent to an activating group) is 2. The number of rotatable bonds is 2. The average molecular weight is 417 g/mol. The summed E-state index contributed by atoms with van der Waals surface area (Å²) in [5.41, 5.74) is 3.17. The van der Waals surface area contributed by atoms with Gasteiger partial charge in [-0.2, -0.15) is 0 Å². The molecule has 134 valence electrons. The Morgan fingerprint density at radius 2 is 1.77 bits per heavy atom. The number of nitrogens with zero attached hydrogens (tertiary/aromatic N) is 5.